The highest BCUT2D eigenvalue weighted by atomic mass is 32.2. The molecule has 1 aromatic rings. The van der Waals surface area contributed by atoms with Crippen LogP contribution in [0.4, 0.5) is 0 Å². The van der Waals surface area contributed by atoms with Crippen LogP contribution in [0.25, 0.3) is 0 Å². The van der Waals surface area contributed by atoms with Crippen LogP contribution in [-0.4, -0.2) is 77.5 Å². The van der Waals surface area contributed by atoms with E-state index in [9.17, 15) is 13.2 Å². The largest absolute Gasteiger partial charge is 0.497 e. The highest BCUT2D eigenvalue weighted by Gasteiger charge is 2.32. The summed E-state index contributed by atoms with van der Waals surface area (Å²) in [5.41, 5.74) is 0. The second kappa shape index (κ2) is 9.20. The molecule has 0 saturated carbocycles. The average molecular weight is 385 g/mol. The predicted octanol–water partition coefficient (Wildman–Crippen LogP) is 0.536. The number of nitrogens with zero attached hydrogens (tertiary/aromatic N) is 2. The number of ether oxygens (including phenoxy) is 2. The third-order valence-electron chi connectivity index (χ3n) is 4.40. The van der Waals surface area contributed by atoms with Gasteiger partial charge in [-0.1, -0.05) is 0 Å². The summed E-state index contributed by atoms with van der Waals surface area (Å²) < 4.78 is 37.7. The van der Waals surface area contributed by atoms with Crippen LogP contribution in [0.5, 0.6) is 11.5 Å². The van der Waals surface area contributed by atoms with Gasteiger partial charge in [-0.15, -0.1) is 0 Å². The number of hydrogen-bond donors (Lipinski definition) is 1. The smallest absolute Gasteiger partial charge is 0.247 e. The minimum Gasteiger partial charge on any atom is -0.497 e. The molecule has 1 aliphatic heterocycles. The van der Waals surface area contributed by atoms with Crippen molar-refractivity contribution in [2.24, 2.45) is 0 Å². The van der Waals surface area contributed by atoms with Gasteiger partial charge in [0, 0.05) is 38.7 Å². The lowest BCUT2D eigenvalue weighted by Crippen LogP contribution is -2.50. The molecule has 1 aliphatic rings. The van der Waals surface area contributed by atoms with Crippen molar-refractivity contribution in [1.29, 1.82) is 0 Å². The molecule has 1 aromatic carbocycles. The van der Waals surface area contributed by atoms with Gasteiger partial charge in [-0.2, -0.15) is 4.31 Å². The van der Waals surface area contributed by atoms with Crippen molar-refractivity contribution in [2.75, 3.05) is 54.0 Å². The summed E-state index contributed by atoms with van der Waals surface area (Å²) in [7, 11) is 1.04. The maximum Gasteiger partial charge on any atom is 0.247 e. The molecule has 0 bridgehead atoms. The Morgan fingerprint density at radius 1 is 1.15 bits per heavy atom. The molecule has 1 fully saturated rings. The van der Waals surface area contributed by atoms with Gasteiger partial charge in [0.1, 0.15) is 16.4 Å². The normalized spacial score (nSPS) is 15.7. The first-order valence-corrected chi connectivity index (χ1v) is 10.0. The van der Waals surface area contributed by atoms with Gasteiger partial charge < -0.3 is 19.7 Å². The number of piperazine rings is 1. The molecule has 146 valence electrons. The van der Waals surface area contributed by atoms with E-state index in [1.54, 1.807) is 17.0 Å². The SMILES string of the molecule is CNCCCC(=O)N1CCN(S(=O)(=O)c2cc(OC)ccc2OC)CC1. The number of nitrogens with one attached hydrogen (secondary N) is 1. The summed E-state index contributed by atoms with van der Waals surface area (Å²) in [5.74, 6) is 0.787. The molecule has 1 heterocycles. The minimum absolute atomic E-state index is 0.0660. The fraction of sp³-hybridized carbons (Fsp3) is 0.588. The van der Waals surface area contributed by atoms with Crippen LogP contribution in [0.15, 0.2) is 23.1 Å². The summed E-state index contributed by atoms with van der Waals surface area (Å²) >= 11 is 0. The molecule has 8 nitrogen and oxygen atoms in total. The number of hydrogen-bond acceptors (Lipinski definition) is 6. The van der Waals surface area contributed by atoms with Crippen molar-refractivity contribution in [2.45, 2.75) is 17.7 Å². The Labute approximate surface area is 155 Å². The molecule has 0 spiro atoms. The van der Waals surface area contributed by atoms with Gasteiger partial charge in [-0.25, -0.2) is 8.42 Å². The van der Waals surface area contributed by atoms with E-state index in [-0.39, 0.29) is 29.6 Å². The lowest BCUT2D eigenvalue weighted by atomic mass is 10.2. The fourth-order valence-electron chi connectivity index (χ4n) is 2.88. The van der Waals surface area contributed by atoms with Crippen LogP contribution in [0, 0.1) is 0 Å². The standard InChI is InChI=1S/C17H27N3O5S/c1-18-8-4-5-17(21)19-9-11-20(12-10-19)26(22,23)16-13-14(24-2)6-7-15(16)25-3/h6-7,13,18H,4-5,8-12H2,1-3H3. The minimum atomic E-state index is -3.73. The highest BCUT2D eigenvalue weighted by molar-refractivity contribution is 7.89. The number of methoxy groups -OCH3 is 2. The Morgan fingerprint density at radius 2 is 1.85 bits per heavy atom. The van der Waals surface area contributed by atoms with E-state index in [0.29, 0.717) is 25.3 Å². The maximum atomic E-state index is 13.0. The van der Waals surface area contributed by atoms with E-state index in [0.717, 1.165) is 13.0 Å². The molecule has 1 saturated heterocycles. The van der Waals surface area contributed by atoms with E-state index < -0.39 is 10.0 Å². The lowest BCUT2D eigenvalue weighted by molar-refractivity contribution is -0.132. The molecular formula is C17H27N3O5S. The average Bonchev–Trinajstić information content (AvgIpc) is 2.67. The van der Waals surface area contributed by atoms with Gasteiger partial charge in [0.25, 0.3) is 0 Å². The summed E-state index contributed by atoms with van der Waals surface area (Å²) in [4.78, 5) is 14.0. The second-order valence-electron chi connectivity index (χ2n) is 6.01. The Kier molecular flexibility index (Phi) is 7.24. The summed E-state index contributed by atoms with van der Waals surface area (Å²) in [6, 6.07) is 4.69. The highest BCUT2D eigenvalue weighted by Crippen LogP contribution is 2.31. The van der Waals surface area contributed by atoms with E-state index in [4.69, 9.17) is 9.47 Å². The van der Waals surface area contributed by atoms with Crippen LogP contribution in [0.2, 0.25) is 0 Å². The van der Waals surface area contributed by atoms with Crippen LogP contribution < -0.4 is 14.8 Å². The first-order chi connectivity index (χ1) is 12.4. The zero-order valence-electron chi connectivity index (χ0n) is 15.5. The maximum absolute atomic E-state index is 13.0. The van der Waals surface area contributed by atoms with Crippen LogP contribution in [-0.2, 0) is 14.8 Å². The van der Waals surface area contributed by atoms with E-state index in [2.05, 4.69) is 5.32 Å². The summed E-state index contributed by atoms with van der Waals surface area (Å²) in [5, 5.41) is 3.01. The third kappa shape index (κ3) is 4.66. The van der Waals surface area contributed by atoms with Crippen LogP contribution >= 0.6 is 0 Å². The molecule has 9 heteroatoms. The zero-order chi connectivity index (χ0) is 19.2. The molecule has 0 atom stereocenters. The quantitative estimate of drug-likeness (QED) is 0.657. The van der Waals surface area contributed by atoms with Crippen molar-refractivity contribution < 1.29 is 22.7 Å². The molecule has 0 aromatic heterocycles. The zero-order valence-corrected chi connectivity index (χ0v) is 16.3. The molecule has 26 heavy (non-hydrogen) atoms. The Bertz CT molecular complexity index is 715. The van der Waals surface area contributed by atoms with Gasteiger partial charge >= 0.3 is 0 Å². The van der Waals surface area contributed by atoms with E-state index in [1.165, 1.54) is 24.6 Å². The third-order valence-corrected chi connectivity index (χ3v) is 6.32. The Morgan fingerprint density at radius 3 is 2.42 bits per heavy atom. The summed E-state index contributed by atoms with van der Waals surface area (Å²) in [6.45, 7) is 2.10. The molecular weight excluding hydrogens is 358 g/mol. The van der Waals surface area contributed by atoms with Crippen LogP contribution in [0.3, 0.4) is 0 Å². The molecule has 2 rings (SSSR count). The Hall–Kier alpha value is -1.84. The number of sulfonamides is 1. The van der Waals surface area contributed by atoms with Crippen molar-refractivity contribution in [3.8, 4) is 11.5 Å². The second-order valence-corrected chi connectivity index (χ2v) is 7.92. The predicted molar refractivity (Wildman–Crippen MR) is 98.0 cm³/mol. The molecule has 0 radical (unpaired) electrons. The fourth-order valence-corrected chi connectivity index (χ4v) is 4.47. The first-order valence-electron chi connectivity index (χ1n) is 8.58. The molecule has 0 unspecified atom stereocenters. The van der Waals surface area contributed by atoms with Gasteiger partial charge in [-0.05, 0) is 32.1 Å². The van der Waals surface area contributed by atoms with Gasteiger partial charge in [0.2, 0.25) is 15.9 Å². The number of benzene rings is 1. The number of carbonyl (C=O) groups excluding carboxylic acids is 1. The van der Waals surface area contributed by atoms with Gasteiger partial charge in [-0.3, -0.25) is 4.79 Å². The lowest BCUT2D eigenvalue weighted by Gasteiger charge is -2.34. The van der Waals surface area contributed by atoms with E-state index in [1.807, 2.05) is 7.05 Å². The molecule has 1 amide bonds. The van der Waals surface area contributed by atoms with Crippen molar-refractivity contribution in [3.63, 3.8) is 0 Å². The number of amides is 1. The van der Waals surface area contributed by atoms with Crippen molar-refractivity contribution in [1.82, 2.24) is 14.5 Å². The van der Waals surface area contributed by atoms with Crippen molar-refractivity contribution in [3.05, 3.63) is 18.2 Å². The van der Waals surface area contributed by atoms with Gasteiger partial charge in [0.05, 0.1) is 14.2 Å². The number of rotatable bonds is 8. The molecule has 0 aliphatic carbocycles. The monoisotopic (exact) mass is 385 g/mol. The molecule has 1 N–H and O–H groups in total. The Balaban J connectivity index is 2.07. The topological polar surface area (TPSA) is 88.2 Å². The van der Waals surface area contributed by atoms with E-state index >= 15 is 0 Å². The van der Waals surface area contributed by atoms with Crippen molar-refractivity contribution >= 4 is 15.9 Å². The van der Waals surface area contributed by atoms with Gasteiger partial charge in [0.15, 0.2) is 0 Å². The number of carbonyl (C=O) groups is 1. The summed E-state index contributed by atoms with van der Waals surface area (Å²) in [6.07, 6.45) is 1.24. The van der Waals surface area contributed by atoms with Crippen LogP contribution in [0.1, 0.15) is 12.8 Å². The first kappa shape index (κ1) is 20.5.